The Morgan fingerprint density at radius 3 is 2.95 bits per heavy atom. The maximum Gasteiger partial charge on any atom is 0.306 e. The van der Waals surface area contributed by atoms with Crippen molar-refractivity contribution in [2.45, 2.75) is 32.8 Å². The molecule has 2 rings (SSSR count). The van der Waals surface area contributed by atoms with E-state index in [1.165, 1.54) is 0 Å². The number of carbonyl (C=O) groups excluding carboxylic acids is 1. The molecule has 0 N–H and O–H groups in total. The van der Waals surface area contributed by atoms with E-state index in [9.17, 15) is 4.79 Å². The first kappa shape index (κ1) is 14.5. The van der Waals surface area contributed by atoms with Gasteiger partial charge in [0.05, 0.1) is 0 Å². The summed E-state index contributed by atoms with van der Waals surface area (Å²) in [4.78, 5) is 15.8. The van der Waals surface area contributed by atoms with E-state index in [0.29, 0.717) is 23.2 Å². The largest absolute Gasteiger partial charge is 0.453 e. The normalized spacial score (nSPS) is 12.2. The first-order chi connectivity index (χ1) is 9.54. The summed E-state index contributed by atoms with van der Waals surface area (Å²) in [6, 6.07) is 7.40. The molecule has 0 amide bonds. The molecule has 1 atom stereocenters. The smallest absolute Gasteiger partial charge is 0.306 e. The van der Waals surface area contributed by atoms with Crippen molar-refractivity contribution in [3.05, 3.63) is 46.6 Å². The first-order valence-corrected chi connectivity index (χ1v) is 6.66. The van der Waals surface area contributed by atoms with Crippen LogP contribution in [-0.2, 0) is 16.0 Å². The van der Waals surface area contributed by atoms with Gasteiger partial charge in [-0.1, -0.05) is 28.9 Å². The third-order valence-corrected chi connectivity index (χ3v) is 2.94. The molecule has 5 nitrogen and oxygen atoms in total. The lowest BCUT2D eigenvalue weighted by molar-refractivity contribution is -0.149. The summed E-state index contributed by atoms with van der Waals surface area (Å²) in [5.41, 5.74) is 0.996. The number of carbonyl (C=O) groups is 1. The molecule has 0 radical (unpaired) electrons. The number of hydrogen-bond acceptors (Lipinski definition) is 5. The lowest BCUT2D eigenvalue weighted by Crippen LogP contribution is -2.10. The lowest BCUT2D eigenvalue weighted by atomic mass is 10.1. The molecular weight excluding hydrogens is 280 g/mol. The third kappa shape index (κ3) is 4.06. The van der Waals surface area contributed by atoms with Gasteiger partial charge in [0.15, 0.2) is 11.9 Å². The molecule has 1 heterocycles. The van der Waals surface area contributed by atoms with E-state index < -0.39 is 6.10 Å². The van der Waals surface area contributed by atoms with Gasteiger partial charge in [0.1, 0.15) is 0 Å². The Hall–Kier alpha value is -1.88. The third-order valence-electron chi connectivity index (χ3n) is 2.71. The van der Waals surface area contributed by atoms with Gasteiger partial charge in [-0.15, -0.1) is 0 Å². The summed E-state index contributed by atoms with van der Waals surface area (Å²) in [5, 5.41) is 4.31. The minimum atomic E-state index is -0.539. The molecule has 2 aromatic rings. The molecule has 0 saturated carbocycles. The quantitative estimate of drug-likeness (QED) is 0.792. The van der Waals surface area contributed by atoms with Crippen LogP contribution in [0.1, 0.15) is 36.7 Å². The number of nitrogens with zero attached hydrogens (tertiary/aromatic N) is 2. The molecular formula is C14H15ClN2O3. The molecule has 0 spiro atoms. The maximum atomic E-state index is 11.7. The van der Waals surface area contributed by atoms with Crippen molar-refractivity contribution in [3.8, 4) is 0 Å². The van der Waals surface area contributed by atoms with Crippen LogP contribution in [0.25, 0.3) is 0 Å². The number of benzene rings is 1. The van der Waals surface area contributed by atoms with Crippen LogP contribution in [-0.4, -0.2) is 16.1 Å². The van der Waals surface area contributed by atoms with E-state index in [0.717, 1.165) is 5.56 Å². The molecule has 0 fully saturated rings. The summed E-state index contributed by atoms with van der Waals surface area (Å²) in [6.45, 7) is 3.41. The van der Waals surface area contributed by atoms with E-state index in [1.807, 2.05) is 18.2 Å². The minimum Gasteiger partial charge on any atom is -0.453 e. The van der Waals surface area contributed by atoms with Crippen LogP contribution in [0.2, 0.25) is 5.02 Å². The second-order valence-electron chi connectivity index (χ2n) is 4.44. The topological polar surface area (TPSA) is 65.2 Å². The molecule has 0 aliphatic rings. The van der Waals surface area contributed by atoms with Crippen LogP contribution in [0, 0.1) is 6.92 Å². The number of halogens is 1. The van der Waals surface area contributed by atoms with Crippen LogP contribution in [0.5, 0.6) is 0 Å². The van der Waals surface area contributed by atoms with Crippen molar-refractivity contribution >= 4 is 17.6 Å². The van der Waals surface area contributed by atoms with E-state index in [2.05, 4.69) is 10.1 Å². The van der Waals surface area contributed by atoms with Crippen LogP contribution in [0.15, 0.2) is 28.8 Å². The number of esters is 1. The second kappa shape index (κ2) is 6.52. The highest BCUT2D eigenvalue weighted by Gasteiger charge is 2.17. The molecule has 1 aromatic heterocycles. The minimum absolute atomic E-state index is 0.276. The Kier molecular flexibility index (Phi) is 4.74. The van der Waals surface area contributed by atoms with Gasteiger partial charge in [-0.25, -0.2) is 0 Å². The summed E-state index contributed by atoms with van der Waals surface area (Å²) in [6.07, 6.45) is 0.315. The van der Waals surface area contributed by atoms with Crippen LogP contribution in [0.3, 0.4) is 0 Å². The maximum absolute atomic E-state index is 11.7. The monoisotopic (exact) mass is 294 g/mol. The number of ether oxygens (including phenoxy) is 1. The van der Waals surface area contributed by atoms with Gasteiger partial charge in [-0.3, -0.25) is 4.79 Å². The highest BCUT2D eigenvalue weighted by molar-refractivity contribution is 6.30. The van der Waals surface area contributed by atoms with Gasteiger partial charge in [-0.05, 0) is 38.0 Å². The van der Waals surface area contributed by atoms with Crippen molar-refractivity contribution in [2.75, 3.05) is 0 Å². The SMILES string of the molecule is Cc1noc([C@H](C)OC(=O)CCc2cccc(Cl)c2)n1. The van der Waals surface area contributed by atoms with Crippen molar-refractivity contribution in [1.82, 2.24) is 10.1 Å². The van der Waals surface area contributed by atoms with Crippen LogP contribution < -0.4 is 0 Å². The second-order valence-corrected chi connectivity index (χ2v) is 4.88. The fourth-order valence-corrected chi connectivity index (χ4v) is 1.94. The van der Waals surface area contributed by atoms with Gasteiger partial charge >= 0.3 is 5.97 Å². The number of aromatic nitrogens is 2. The number of aryl methyl sites for hydroxylation is 2. The Bertz CT molecular complexity index is 598. The molecule has 0 bridgehead atoms. The van der Waals surface area contributed by atoms with Gasteiger partial charge in [-0.2, -0.15) is 4.98 Å². The summed E-state index contributed by atoms with van der Waals surface area (Å²) in [5.74, 6) is 0.508. The van der Waals surface area contributed by atoms with Gasteiger partial charge in [0, 0.05) is 11.4 Å². The lowest BCUT2D eigenvalue weighted by Gasteiger charge is -2.09. The van der Waals surface area contributed by atoms with Gasteiger partial charge in [0.25, 0.3) is 5.89 Å². The Balaban J connectivity index is 1.83. The molecule has 0 unspecified atom stereocenters. The predicted molar refractivity (Wildman–Crippen MR) is 73.3 cm³/mol. The Morgan fingerprint density at radius 1 is 1.50 bits per heavy atom. The molecule has 0 aliphatic heterocycles. The number of rotatable bonds is 5. The zero-order valence-electron chi connectivity index (χ0n) is 11.3. The molecule has 6 heteroatoms. The zero-order valence-corrected chi connectivity index (χ0v) is 12.1. The molecule has 20 heavy (non-hydrogen) atoms. The summed E-state index contributed by atoms with van der Waals surface area (Å²) in [7, 11) is 0. The van der Waals surface area contributed by atoms with Crippen LogP contribution in [0.4, 0.5) is 0 Å². The molecule has 0 aliphatic carbocycles. The van der Waals surface area contributed by atoms with Crippen molar-refractivity contribution in [1.29, 1.82) is 0 Å². The summed E-state index contributed by atoms with van der Waals surface area (Å²) < 4.78 is 10.2. The fraction of sp³-hybridized carbons (Fsp3) is 0.357. The van der Waals surface area contributed by atoms with E-state index in [1.54, 1.807) is 19.9 Å². The fourth-order valence-electron chi connectivity index (χ4n) is 1.72. The van der Waals surface area contributed by atoms with Crippen LogP contribution >= 0.6 is 11.6 Å². The average Bonchev–Trinajstić information content (AvgIpc) is 2.83. The predicted octanol–water partition coefficient (Wildman–Crippen LogP) is 3.27. The van der Waals surface area contributed by atoms with Crippen molar-refractivity contribution in [2.24, 2.45) is 0 Å². The van der Waals surface area contributed by atoms with Crippen molar-refractivity contribution in [3.63, 3.8) is 0 Å². The Labute approximate surface area is 121 Å². The van der Waals surface area contributed by atoms with Crippen molar-refractivity contribution < 1.29 is 14.1 Å². The summed E-state index contributed by atoms with van der Waals surface area (Å²) >= 11 is 5.88. The zero-order chi connectivity index (χ0) is 14.5. The van der Waals surface area contributed by atoms with E-state index in [4.69, 9.17) is 20.9 Å². The average molecular weight is 295 g/mol. The highest BCUT2D eigenvalue weighted by atomic mass is 35.5. The highest BCUT2D eigenvalue weighted by Crippen LogP contribution is 2.16. The number of hydrogen-bond donors (Lipinski definition) is 0. The molecule has 0 saturated heterocycles. The Morgan fingerprint density at radius 2 is 2.30 bits per heavy atom. The molecule has 106 valence electrons. The molecule has 1 aromatic carbocycles. The van der Waals surface area contributed by atoms with E-state index in [-0.39, 0.29) is 12.4 Å². The standard InChI is InChI=1S/C14H15ClN2O3/c1-9(14-16-10(2)17-20-14)19-13(18)7-6-11-4-3-5-12(15)8-11/h3-5,8-9H,6-7H2,1-2H3/t9-/m0/s1. The first-order valence-electron chi connectivity index (χ1n) is 6.28. The van der Waals surface area contributed by atoms with E-state index >= 15 is 0 Å². The van der Waals surface area contributed by atoms with Gasteiger partial charge < -0.3 is 9.26 Å². The van der Waals surface area contributed by atoms with Gasteiger partial charge in [0.2, 0.25) is 0 Å².